The molecule has 5 rings (SSSR count). The van der Waals surface area contributed by atoms with E-state index in [1.807, 2.05) is 4.90 Å². The van der Waals surface area contributed by atoms with Crippen LogP contribution in [0.25, 0.3) is 0 Å². The van der Waals surface area contributed by atoms with Crippen LogP contribution < -0.4 is 0 Å². The minimum Gasteiger partial charge on any atom is -0.336 e. The lowest BCUT2D eigenvalue weighted by Gasteiger charge is -2.30. The second-order valence-corrected chi connectivity index (χ2v) is 11.0. The molecule has 1 aromatic rings. The monoisotopic (exact) mass is 416 g/mol. The Bertz CT molecular complexity index is 973. The number of hydrogen-bond acceptors (Lipinski definition) is 4. The molecule has 2 aliphatic carbocycles. The van der Waals surface area contributed by atoms with Gasteiger partial charge in [-0.2, -0.15) is 0 Å². The molecule has 2 heterocycles. The second-order valence-electron chi connectivity index (χ2n) is 9.15. The number of benzene rings is 1. The number of rotatable bonds is 4. The maximum absolute atomic E-state index is 13.3. The molecule has 0 radical (unpaired) electrons. The highest BCUT2D eigenvalue weighted by Crippen LogP contribution is 2.50. The highest BCUT2D eigenvalue weighted by molar-refractivity contribution is 7.90. The van der Waals surface area contributed by atoms with Crippen LogP contribution in [0.1, 0.15) is 72.6 Å². The highest BCUT2D eigenvalue weighted by atomic mass is 32.2. The summed E-state index contributed by atoms with van der Waals surface area (Å²) in [5, 5.41) is 0. The maximum Gasteiger partial charge on any atom is 0.268 e. The van der Waals surface area contributed by atoms with Gasteiger partial charge >= 0.3 is 0 Å². The van der Waals surface area contributed by atoms with Crippen molar-refractivity contribution >= 4 is 21.8 Å². The first-order valence-corrected chi connectivity index (χ1v) is 12.4. The summed E-state index contributed by atoms with van der Waals surface area (Å²) >= 11 is 0. The Morgan fingerprint density at radius 1 is 1.17 bits per heavy atom. The van der Waals surface area contributed by atoms with Gasteiger partial charge in [0.2, 0.25) is 0 Å². The molecule has 4 aliphatic rings. The lowest BCUT2D eigenvalue weighted by Crippen LogP contribution is -2.37. The molecule has 4 unspecified atom stereocenters. The first-order chi connectivity index (χ1) is 13.9. The van der Waals surface area contributed by atoms with Gasteiger partial charge in [0.25, 0.3) is 21.8 Å². The third-order valence-corrected chi connectivity index (χ3v) is 9.54. The van der Waals surface area contributed by atoms with Crippen molar-refractivity contribution in [1.29, 1.82) is 0 Å². The van der Waals surface area contributed by atoms with Gasteiger partial charge in [-0.25, -0.2) is 12.7 Å². The molecule has 2 saturated carbocycles. The average molecular weight is 417 g/mol. The Hall–Kier alpha value is -1.89. The Morgan fingerprint density at radius 3 is 2.69 bits per heavy atom. The Labute approximate surface area is 172 Å². The standard InChI is InChI=1S/C22H28N2O4S/c1-2-24-22(26)19-8-7-16(13-20(19)29(24,27)28)21(25)23-9-3-4-18(23)12-17-11-14-5-6-15(17)10-14/h7-8,13-15,17-18H,2-6,9-12H2,1H3. The average Bonchev–Trinajstić information content (AvgIpc) is 3.46. The molecule has 7 heteroatoms. The molecule has 29 heavy (non-hydrogen) atoms. The predicted molar refractivity (Wildman–Crippen MR) is 108 cm³/mol. The molecular weight excluding hydrogens is 388 g/mol. The van der Waals surface area contributed by atoms with Crippen LogP contribution in [-0.4, -0.2) is 48.6 Å². The first kappa shape index (κ1) is 19.1. The summed E-state index contributed by atoms with van der Waals surface area (Å²) in [7, 11) is -3.85. The first-order valence-electron chi connectivity index (χ1n) is 10.9. The quantitative estimate of drug-likeness (QED) is 0.755. The summed E-state index contributed by atoms with van der Waals surface area (Å²) in [5.74, 6) is 1.88. The Morgan fingerprint density at radius 2 is 2.00 bits per heavy atom. The van der Waals surface area contributed by atoms with Gasteiger partial charge in [-0.1, -0.05) is 6.42 Å². The van der Waals surface area contributed by atoms with Crippen LogP contribution in [0.3, 0.4) is 0 Å². The van der Waals surface area contributed by atoms with Crippen LogP contribution in [0.5, 0.6) is 0 Å². The number of carbonyl (C=O) groups excluding carboxylic acids is 2. The highest BCUT2D eigenvalue weighted by Gasteiger charge is 2.43. The number of sulfonamides is 1. The van der Waals surface area contributed by atoms with E-state index in [0.29, 0.717) is 5.56 Å². The van der Waals surface area contributed by atoms with Gasteiger partial charge in [-0.15, -0.1) is 0 Å². The molecule has 0 spiro atoms. The minimum atomic E-state index is -3.85. The topological polar surface area (TPSA) is 74.8 Å². The van der Waals surface area contributed by atoms with Crippen LogP contribution in [-0.2, 0) is 10.0 Å². The molecule has 6 nitrogen and oxygen atoms in total. The molecule has 3 fully saturated rings. The smallest absolute Gasteiger partial charge is 0.268 e. The third-order valence-electron chi connectivity index (χ3n) is 7.64. The van der Waals surface area contributed by atoms with Gasteiger partial charge in [-0.3, -0.25) is 9.59 Å². The fourth-order valence-electron chi connectivity index (χ4n) is 6.25. The molecule has 2 aliphatic heterocycles. The van der Waals surface area contributed by atoms with E-state index < -0.39 is 15.9 Å². The van der Waals surface area contributed by atoms with Crippen LogP contribution in [0.4, 0.5) is 0 Å². The van der Waals surface area contributed by atoms with Crippen molar-refractivity contribution < 1.29 is 18.0 Å². The molecule has 1 aromatic carbocycles. The third kappa shape index (κ3) is 2.92. The number of carbonyl (C=O) groups is 2. The summed E-state index contributed by atoms with van der Waals surface area (Å²) in [4.78, 5) is 27.5. The van der Waals surface area contributed by atoms with Crippen LogP contribution >= 0.6 is 0 Å². The molecule has 4 atom stereocenters. The maximum atomic E-state index is 13.3. The molecule has 1 saturated heterocycles. The number of likely N-dealkylation sites (tertiary alicyclic amines) is 1. The molecule has 0 aromatic heterocycles. The SMILES string of the molecule is CCN1C(=O)c2ccc(C(=O)N3CCCC3CC3CC4CCC3C4)cc2S1(=O)=O. The summed E-state index contributed by atoms with van der Waals surface area (Å²) in [6.45, 7) is 2.46. The Balaban J connectivity index is 1.38. The van der Waals surface area contributed by atoms with Crippen molar-refractivity contribution in [3.05, 3.63) is 29.3 Å². The number of amides is 2. The molecule has 2 bridgehead atoms. The van der Waals surface area contributed by atoms with E-state index in [9.17, 15) is 18.0 Å². The van der Waals surface area contributed by atoms with Crippen LogP contribution in [0.2, 0.25) is 0 Å². The lowest BCUT2D eigenvalue weighted by atomic mass is 9.83. The molecule has 0 N–H and O–H groups in total. The van der Waals surface area contributed by atoms with Gasteiger partial charge in [-0.05, 0) is 81.4 Å². The largest absolute Gasteiger partial charge is 0.336 e. The van der Waals surface area contributed by atoms with E-state index in [-0.39, 0.29) is 29.0 Å². The van der Waals surface area contributed by atoms with Gasteiger partial charge < -0.3 is 4.90 Å². The van der Waals surface area contributed by atoms with Crippen LogP contribution in [0.15, 0.2) is 23.1 Å². The second kappa shape index (κ2) is 6.83. The molecular formula is C22H28N2O4S. The van der Waals surface area contributed by atoms with Gasteiger partial charge in [0.05, 0.1) is 5.56 Å². The van der Waals surface area contributed by atoms with Crippen molar-refractivity contribution in [2.45, 2.75) is 62.8 Å². The summed E-state index contributed by atoms with van der Waals surface area (Å²) in [6, 6.07) is 4.78. The fourth-order valence-corrected chi connectivity index (χ4v) is 7.85. The van der Waals surface area contributed by atoms with E-state index in [1.54, 1.807) is 13.0 Å². The van der Waals surface area contributed by atoms with Crippen molar-refractivity contribution in [2.24, 2.45) is 17.8 Å². The van der Waals surface area contributed by atoms with Crippen LogP contribution in [0, 0.1) is 17.8 Å². The van der Waals surface area contributed by atoms with Crippen molar-refractivity contribution in [3.63, 3.8) is 0 Å². The summed E-state index contributed by atoms with van der Waals surface area (Å²) < 4.78 is 26.2. The van der Waals surface area contributed by atoms with E-state index in [4.69, 9.17) is 0 Å². The van der Waals surface area contributed by atoms with Crippen molar-refractivity contribution in [3.8, 4) is 0 Å². The minimum absolute atomic E-state index is 0.0287. The Kier molecular flexibility index (Phi) is 4.49. The number of fused-ring (bicyclic) bond motifs is 3. The van der Waals surface area contributed by atoms with E-state index in [1.165, 1.54) is 37.8 Å². The van der Waals surface area contributed by atoms with Crippen molar-refractivity contribution in [2.75, 3.05) is 13.1 Å². The van der Waals surface area contributed by atoms with Gasteiger partial charge in [0.15, 0.2) is 0 Å². The number of nitrogens with zero attached hydrogens (tertiary/aromatic N) is 2. The van der Waals surface area contributed by atoms with E-state index in [0.717, 1.165) is 47.9 Å². The van der Waals surface area contributed by atoms with Crippen molar-refractivity contribution in [1.82, 2.24) is 9.21 Å². The fraction of sp³-hybridized carbons (Fsp3) is 0.636. The predicted octanol–water partition coefficient (Wildman–Crippen LogP) is 3.28. The zero-order valence-corrected chi connectivity index (χ0v) is 17.7. The normalized spacial score (nSPS) is 32.2. The molecule has 2 amide bonds. The lowest BCUT2D eigenvalue weighted by molar-refractivity contribution is 0.0706. The summed E-state index contributed by atoms with van der Waals surface area (Å²) in [6.07, 6.45) is 8.53. The molecule has 156 valence electrons. The zero-order chi connectivity index (χ0) is 20.3. The zero-order valence-electron chi connectivity index (χ0n) is 16.8. The van der Waals surface area contributed by atoms with Gasteiger partial charge in [0.1, 0.15) is 4.90 Å². The number of hydrogen-bond donors (Lipinski definition) is 0. The van der Waals surface area contributed by atoms with E-state index >= 15 is 0 Å². The van der Waals surface area contributed by atoms with Gasteiger partial charge in [0, 0.05) is 24.7 Å². The summed E-state index contributed by atoms with van der Waals surface area (Å²) in [5.41, 5.74) is 0.543. The van der Waals surface area contributed by atoms with E-state index in [2.05, 4.69) is 0 Å².